The Labute approximate surface area is 125 Å². The number of amidine groups is 1. The van der Waals surface area contributed by atoms with Crippen molar-refractivity contribution in [2.75, 3.05) is 14.1 Å². The molecule has 0 radical (unpaired) electrons. The molecule has 1 atom stereocenters. The van der Waals surface area contributed by atoms with Crippen LogP contribution in [0.2, 0.25) is 0 Å². The molecule has 0 aromatic heterocycles. The fourth-order valence-electron chi connectivity index (χ4n) is 1.91. The molecule has 0 amide bonds. The molecule has 112 valence electrons. The fraction of sp³-hybridized carbons (Fsp3) is 0.500. The summed E-state index contributed by atoms with van der Waals surface area (Å²) in [6.45, 7) is 6.55. The van der Waals surface area contributed by atoms with Crippen LogP contribution in [-0.4, -0.2) is 19.9 Å². The van der Waals surface area contributed by atoms with Crippen LogP contribution >= 0.6 is 0 Å². The van der Waals surface area contributed by atoms with E-state index in [2.05, 4.69) is 67.5 Å². The number of rotatable bonds is 8. The third-order valence-corrected chi connectivity index (χ3v) is 3.24. The standard InChI is InChI=1S/C18H30N2/c1-6-8-9-10-11-13-16(3)17(7-2)14-12-15-18(19-4)20-5/h7-12,15-16H,6,13-14H2,1-5H3,(H,19,20)/b9-8-,11-10-,15-12?,17-7-. The van der Waals surface area contributed by atoms with Crippen LogP contribution in [-0.2, 0) is 0 Å². The van der Waals surface area contributed by atoms with E-state index < -0.39 is 0 Å². The third kappa shape index (κ3) is 8.52. The smallest absolute Gasteiger partial charge is 0.119 e. The van der Waals surface area contributed by atoms with Gasteiger partial charge in [0.15, 0.2) is 0 Å². The summed E-state index contributed by atoms with van der Waals surface area (Å²) in [7, 11) is 3.68. The highest BCUT2D eigenvalue weighted by molar-refractivity contribution is 5.92. The second-order valence-electron chi connectivity index (χ2n) is 4.73. The first-order valence-electron chi connectivity index (χ1n) is 7.47. The van der Waals surface area contributed by atoms with Crippen LogP contribution < -0.4 is 5.32 Å². The summed E-state index contributed by atoms with van der Waals surface area (Å²) in [5.41, 5.74) is 1.47. The lowest BCUT2D eigenvalue weighted by Crippen LogP contribution is -2.14. The predicted molar refractivity (Wildman–Crippen MR) is 92.3 cm³/mol. The van der Waals surface area contributed by atoms with Gasteiger partial charge in [-0.25, -0.2) is 0 Å². The number of allylic oxidation sites excluding steroid dienone is 7. The zero-order chi connectivity index (χ0) is 15.2. The topological polar surface area (TPSA) is 24.4 Å². The summed E-state index contributed by atoms with van der Waals surface area (Å²) in [5.74, 6) is 1.49. The van der Waals surface area contributed by atoms with E-state index in [0.29, 0.717) is 5.92 Å². The number of nitrogens with one attached hydrogen (secondary N) is 1. The van der Waals surface area contributed by atoms with Gasteiger partial charge in [-0.05, 0) is 38.2 Å². The minimum atomic E-state index is 0.576. The summed E-state index contributed by atoms with van der Waals surface area (Å²) in [5, 5.41) is 3.05. The highest BCUT2D eigenvalue weighted by atomic mass is 14.9. The Kier molecular flexibility index (Phi) is 11.5. The van der Waals surface area contributed by atoms with Crippen molar-refractivity contribution in [3.8, 4) is 0 Å². The van der Waals surface area contributed by atoms with Crippen LogP contribution in [0.1, 0.15) is 40.0 Å². The number of nitrogens with zero attached hydrogens (tertiary/aromatic N) is 1. The van der Waals surface area contributed by atoms with Crippen molar-refractivity contribution in [1.29, 1.82) is 0 Å². The molecule has 0 saturated carbocycles. The maximum Gasteiger partial charge on any atom is 0.119 e. The van der Waals surface area contributed by atoms with E-state index in [1.807, 2.05) is 13.1 Å². The lowest BCUT2D eigenvalue weighted by Gasteiger charge is -2.12. The molecule has 1 N–H and O–H groups in total. The molecule has 0 bridgehead atoms. The van der Waals surface area contributed by atoms with E-state index in [9.17, 15) is 0 Å². The van der Waals surface area contributed by atoms with E-state index in [-0.39, 0.29) is 0 Å². The van der Waals surface area contributed by atoms with Gasteiger partial charge >= 0.3 is 0 Å². The molecule has 0 spiro atoms. The average molecular weight is 274 g/mol. The molecule has 0 rings (SSSR count). The minimum absolute atomic E-state index is 0.576. The van der Waals surface area contributed by atoms with Crippen molar-refractivity contribution in [3.05, 3.63) is 48.1 Å². The van der Waals surface area contributed by atoms with Gasteiger partial charge in [-0.3, -0.25) is 4.99 Å². The first-order valence-corrected chi connectivity index (χ1v) is 7.47. The van der Waals surface area contributed by atoms with Crippen LogP contribution in [0.5, 0.6) is 0 Å². The minimum Gasteiger partial charge on any atom is -0.373 e. The van der Waals surface area contributed by atoms with Gasteiger partial charge in [0.1, 0.15) is 5.84 Å². The summed E-state index contributed by atoms with van der Waals surface area (Å²) in [6, 6.07) is 0. The summed E-state index contributed by atoms with van der Waals surface area (Å²) >= 11 is 0. The Bertz CT molecular complexity index is 384. The van der Waals surface area contributed by atoms with Gasteiger partial charge < -0.3 is 5.32 Å². The van der Waals surface area contributed by atoms with Gasteiger partial charge in [-0.1, -0.05) is 55.9 Å². The molecule has 0 aromatic rings. The largest absolute Gasteiger partial charge is 0.373 e. The third-order valence-electron chi connectivity index (χ3n) is 3.24. The van der Waals surface area contributed by atoms with Crippen LogP contribution in [0.3, 0.4) is 0 Å². The zero-order valence-electron chi connectivity index (χ0n) is 13.7. The average Bonchev–Trinajstić information content (AvgIpc) is 2.47. The maximum absolute atomic E-state index is 4.13. The highest BCUT2D eigenvalue weighted by Crippen LogP contribution is 2.19. The molecular formula is C18H30N2. The second kappa shape index (κ2) is 12.5. The Morgan fingerprint density at radius 3 is 2.45 bits per heavy atom. The van der Waals surface area contributed by atoms with Gasteiger partial charge in [-0.2, -0.15) is 0 Å². The Morgan fingerprint density at radius 1 is 1.20 bits per heavy atom. The van der Waals surface area contributed by atoms with Gasteiger partial charge in [0.05, 0.1) is 0 Å². The van der Waals surface area contributed by atoms with Crippen molar-refractivity contribution >= 4 is 5.84 Å². The summed E-state index contributed by atoms with van der Waals surface area (Å²) in [4.78, 5) is 4.13. The SMILES string of the molecule is C/C=C(/CC=C/C(=N\C)NC)C(C)C/C=C\C=C/CC. The van der Waals surface area contributed by atoms with Crippen molar-refractivity contribution in [2.45, 2.75) is 40.0 Å². The van der Waals surface area contributed by atoms with Gasteiger partial charge in [0.25, 0.3) is 0 Å². The van der Waals surface area contributed by atoms with Crippen LogP contribution in [0.4, 0.5) is 0 Å². The lowest BCUT2D eigenvalue weighted by atomic mass is 9.94. The number of likely N-dealkylation sites (N-methyl/N-ethyl adjacent to an activating group) is 1. The molecule has 0 heterocycles. The quantitative estimate of drug-likeness (QED) is 0.296. The van der Waals surface area contributed by atoms with Crippen molar-refractivity contribution in [2.24, 2.45) is 10.9 Å². The molecule has 0 fully saturated rings. The van der Waals surface area contributed by atoms with E-state index >= 15 is 0 Å². The Morgan fingerprint density at radius 2 is 1.90 bits per heavy atom. The molecule has 0 saturated heterocycles. The molecule has 2 nitrogen and oxygen atoms in total. The second-order valence-corrected chi connectivity index (χ2v) is 4.73. The highest BCUT2D eigenvalue weighted by Gasteiger charge is 2.04. The Balaban J connectivity index is 4.33. The fourth-order valence-corrected chi connectivity index (χ4v) is 1.91. The zero-order valence-corrected chi connectivity index (χ0v) is 13.7. The number of hydrogen-bond donors (Lipinski definition) is 1. The number of aliphatic imine (C=N–C) groups is 1. The van der Waals surface area contributed by atoms with E-state index in [4.69, 9.17) is 0 Å². The van der Waals surface area contributed by atoms with E-state index in [1.54, 1.807) is 7.05 Å². The summed E-state index contributed by atoms with van der Waals surface area (Å²) < 4.78 is 0. The van der Waals surface area contributed by atoms with Gasteiger partial charge in [0.2, 0.25) is 0 Å². The molecule has 20 heavy (non-hydrogen) atoms. The first kappa shape index (κ1) is 18.4. The van der Waals surface area contributed by atoms with Gasteiger partial charge in [0, 0.05) is 14.1 Å². The molecule has 0 aromatic carbocycles. The van der Waals surface area contributed by atoms with Crippen LogP contribution in [0.25, 0.3) is 0 Å². The first-order chi connectivity index (χ1) is 9.69. The molecule has 0 aliphatic rings. The van der Waals surface area contributed by atoms with Gasteiger partial charge in [-0.15, -0.1) is 0 Å². The number of hydrogen-bond acceptors (Lipinski definition) is 1. The van der Waals surface area contributed by atoms with E-state index in [1.165, 1.54) is 5.57 Å². The summed E-state index contributed by atoms with van der Waals surface area (Å²) in [6.07, 6.45) is 18.3. The molecule has 1 unspecified atom stereocenters. The molecule has 2 heteroatoms. The van der Waals surface area contributed by atoms with Crippen molar-refractivity contribution in [3.63, 3.8) is 0 Å². The van der Waals surface area contributed by atoms with Crippen molar-refractivity contribution < 1.29 is 0 Å². The Hall–Kier alpha value is -1.57. The monoisotopic (exact) mass is 274 g/mol. The predicted octanol–water partition coefficient (Wildman–Crippen LogP) is 4.68. The van der Waals surface area contributed by atoms with Crippen molar-refractivity contribution in [1.82, 2.24) is 5.32 Å². The molecular weight excluding hydrogens is 244 g/mol. The van der Waals surface area contributed by atoms with Crippen LogP contribution in [0.15, 0.2) is 53.1 Å². The molecule has 0 aliphatic carbocycles. The normalized spacial score (nSPS) is 15.7. The van der Waals surface area contributed by atoms with E-state index in [0.717, 1.165) is 25.1 Å². The molecule has 0 aliphatic heterocycles. The lowest BCUT2D eigenvalue weighted by molar-refractivity contribution is 0.677. The van der Waals surface area contributed by atoms with Crippen LogP contribution in [0, 0.1) is 5.92 Å². The maximum atomic E-state index is 4.13.